The number of para-hydroxylation sites is 2. The Bertz CT molecular complexity index is 3800. The van der Waals surface area contributed by atoms with Gasteiger partial charge in [0.15, 0.2) is 34.9 Å². The van der Waals surface area contributed by atoms with Gasteiger partial charge in [0.1, 0.15) is 36.8 Å². The van der Waals surface area contributed by atoms with Crippen molar-refractivity contribution in [3.63, 3.8) is 0 Å². The van der Waals surface area contributed by atoms with Crippen LogP contribution in [0.2, 0.25) is 0 Å². The number of guanidine groups is 2. The first-order chi connectivity index (χ1) is 45.3. The number of rotatable bonds is 26. The minimum atomic E-state index is -2.06. The molecule has 0 bridgehead atoms. The van der Waals surface area contributed by atoms with Crippen LogP contribution < -0.4 is 50.5 Å². The summed E-state index contributed by atoms with van der Waals surface area (Å²) in [5.74, 6) is -15.5. The monoisotopic (exact) mass is 1350 g/mol. The van der Waals surface area contributed by atoms with Crippen molar-refractivity contribution in [3.8, 4) is 34.5 Å². The molecule has 0 aromatic heterocycles. The molecule has 2 atom stereocenters. The Balaban J connectivity index is 0.0000130. The average Bonchev–Trinajstić information content (AvgIpc) is 0.798. The van der Waals surface area contributed by atoms with Crippen LogP contribution in [0.4, 0.5) is 11.4 Å². The molecular formula is C64H63ClN8O23. The summed E-state index contributed by atoms with van der Waals surface area (Å²) in [6.07, 6.45) is -1.17. The van der Waals surface area contributed by atoms with Crippen molar-refractivity contribution < 1.29 is 112 Å². The highest BCUT2D eigenvalue weighted by Crippen LogP contribution is 2.38. The van der Waals surface area contributed by atoms with E-state index in [0.717, 1.165) is 24.3 Å². The maximum Gasteiger partial charge on any atom is 0.343 e. The summed E-state index contributed by atoms with van der Waals surface area (Å²) < 4.78 is 40.8. The van der Waals surface area contributed by atoms with E-state index in [-0.39, 0.29) is 169 Å². The highest BCUT2D eigenvalue weighted by atomic mass is 35.5. The Kier molecular flexibility index (Phi) is 24.2. The Hall–Kier alpha value is -12.0. The third-order valence-corrected chi connectivity index (χ3v) is 14.4. The number of benzene rings is 6. The van der Waals surface area contributed by atoms with Gasteiger partial charge in [0.05, 0.1) is 72.6 Å². The lowest BCUT2D eigenvalue weighted by Gasteiger charge is -2.29. The second-order valence-corrected chi connectivity index (χ2v) is 21.2. The van der Waals surface area contributed by atoms with Crippen LogP contribution in [-0.2, 0) is 49.8 Å². The lowest BCUT2D eigenvalue weighted by atomic mass is 10.0. The summed E-state index contributed by atoms with van der Waals surface area (Å²) in [7, 11) is 0. The molecule has 96 heavy (non-hydrogen) atoms. The second kappa shape index (κ2) is 32.5. The van der Waals surface area contributed by atoms with Crippen LogP contribution in [0.3, 0.4) is 0 Å². The molecule has 0 saturated carbocycles. The summed E-state index contributed by atoms with van der Waals surface area (Å²) in [6.45, 7) is -2.52. The molecule has 0 radical (unpaired) electrons. The number of ether oxygens (including phenoxy) is 7. The standard InChI is InChI=1S/C64H62N8O23.ClH/c65-63(66)69-39-11-13-43-35(25-39)5-3-15-92-53-45(7-1-9-49(53)94-61(43)87)55(77)71(47(59(83)84)29-51(73)74)31-33-21-37(57(79)80)27-41(23-33)90-19-17-89-18-20-91-42-24-34(22-38(28-42)58(81)82)32-72(48(60(85)86)30-52(75)76)56(78)46-8-2-10-50-54(46)93-16-4-6-36-26-40(70-64(67)68)12-14-44(36)62(88)95-50;/h1-2,7-14,21-28,47-48H,3-6,15-20,29-32H2,(H,73,74)(H,75,76)(H,79,80)(H,81,82)(H,83,84)(H,85,86)(H4,65,66,69)(H4,67,68,70);1H/t47-,48-;/m0./s1. The molecule has 0 unspecified atom stereocenters. The quantitative estimate of drug-likeness (QED) is 0.0100. The molecule has 6 aromatic carbocycles. The van der Waals surface area contributed by atoms with E-state index in [4.69, 9.17) is 55.4 Å². The predicted octanol–water partition coefficient (Wildman–Crippen LogP) is 5.82. The van der Waals surface area contributed by atoms with E-state index in [0.29, 0.717) is 32.3 Å². The SMILES string of the molecule is Cl.N=C(N)Nc1ccc2c(c1)CCCOc1c(cccc1C(=O)N(Cc1cc(OCCOCCOc3cc(CN(C(=O)c4cccc5c4OCCCc4cc(NC(=N)N)ccc4C(=O)O5)[C@@H](CC(=O)O)C(=O)O)cc(C(=O)O)c3)cc(C(=O)O)c1)[C@@H](CC(=O)O)C(=O)O)OC2=O. The van der Waals surface area contributed by atoms with E-state index >= 15 is 0 Å². The highest BCUT2D eigenvalue weighted by molar-refractivity contribution is 6.03. The molecule has 31 nitrogen and oxygen atoms in total. The first kappa shape index (κ1) is 71.5. The number of hydrogen-bond acceptors (Lipinski definition) is 19. The smallest absolute Gasteiger partial charge is 0.343 e. The van der Waals surface area contributed by atoms with Crippen molar-refractivity contribution in [2.24, 2.45) is 11.5 Å². The van der Waals surface area contributed by atoms with E-state index in [1.54, 1.807) is 12.1 Å². The summed E-state index contributed by atoms with van der Waals surface area (Å²) >= 11 is 0. The number of carboxylic acids is 6. The molecule has 0 aliphatic carbocycles. The van der Waals surface area contributed by atoms with E-state index < -0.39 is 97.6 Å². The van der Waals surface area contributed by atoms with Gasteiger partial charge in [-0.25, -0.2) is 28.8 Å². The third kappa shape index (κ3) is 18.6. The number of halogens is 1. The number of carbonyl (C=O) groups is 10. The van der Waals surface area contributed by atoms with Gasteiger partial charge in [-0.05, 0) is 145 Å². The molecule has 0 spiro atoms. The molecular weight excluding hydrogens is 1280 g/mol. The summed E-state index contributed by atoms with van der Waals surface area (Å²) in [4.78, 5) is 133. The Labute approximate surface area is 550 Å². The Morgan fingerprint density at radius 1 is 0.531 bits per heavy atom. The largest absolute Gasteiger partial charge is 0.491 e. The zero-order valence-electron chi connectivity index (χ0n) is 50.5. The zero-order valence-corrected chi connectivity index (χ0v) is 51.3. The molecule has 2 aliphatic heterocycles. The van der Waals surface area contributed by atoms with Crippen molar-refractivity contribution >= 4 is 95.3 Å². The van der Waals surface area contributed by atoms with Crippen molar-refractivity contribution in [2.75, 3.05) is 50.3 Å². The molecule has 0 fully saturated rings. The molecule has 6 aromatic rings. The first-order valence-electron chi connectivity index (χ1n) is 28.9. The van der Waals surface area contributed by atoms with Gasteiger partial charge in [0.2, 0.25) is 0 Å². The average molecular weight is 1350 g/mol. The lowest BCUT2D eigenvalue weighted by Crippen LogP contribution is -2.46. The molecule has 0 saturated heterocycles. The van der Waals surface area contributed by atoms with Crippen LogP contribution in [0.1, 0.15) is 110 Å². The fourth-order valence-electron chi connectivity index (χ4n) is 10.3. The number of nitrogens with two attached hydrogens (primary N) is 2. The van der Waals surface area contributed by atoms with Crippen LogP contribution in [0.25, 0.3) is 0 Å². The summed E-state index contributed by atoms with van der Waals surface area (Å²) in [5.41, 5.74) is 11.7. The normalized spacial score (nSPS) is 13.0. The van der Waals surface area contributed by atoms with E-state index in [1.165, 1.54) is 72.8 Å². The van der Waals surface area contributed by atoms with Crippen LogP contribution in [0.15, 0.2) is 109 Å². The maximum atomic E-state index is 14.7. The van der Waals surface area contributed by atoms with Gasteiger partial charge >= 0.3 is 47.8 Å². The van der Waals surface area contributed by atoms with Gasteiger partial charge in [-0.2, -0.15) is 0 Å². The summed E-state index contributed by atoms with van der Waals surface area (Å²) in [6, 6.07) is 19.8. The number of amides is 2. The first-order valence-corrected chi connectivity index (χ1v) is 28.9. The van der Waals surface area contributed by atoms with Crippen LogP contribution in [-0.4, -0.2) is 164 Å². The number of esters is 2. The van der Waals surface area contributed by atoms with Crippen LogP contribution in [0.5, 0.6) is 34.5 Å². The summed E-state index contributed by atoms with van der Waals surface area (Å²) in [5, 5.41) is 81.1. The van der Waals surface area contributed by atoms with Crippen molar-refractivity contribution in [1.29, 1.82) is 10.8 Å². The zero-order chi connectivity index (χ0) is 68.6. The van der Waals surface area contributed by atoms with Gasteiger partial charge in [0.25, 0.3) is 11.8 Å². The van der Waals surface area contributed by atoms with Gasteiger partial charge in [-0.1, -0.05) is 12.1 Å². The van der Waals surface area contributed by atoms with Crippen molar-refractivity contribution in [1.82, 2.24) is 9.80 Å². The number of aliphatic carboxylic acids is 4. The molecule has 32 heteroatoms. The number of fused-ring (bicyclic) bond motifs is 4. The molecule has 2 amide bonds. The van der Waals surface area contributed by atoms with E-state index in [9.17, 15) is 78.6 Å². The number of aryl methyl sites for hydroxylation is 2. The molecule has 504 valence electrons. The number of aromatic carboxylic acids is 2. The van der Waals surface area contributed by atoms with Gasteiger partial charge in [0, 0.05) is 24.5 Å². The van der Waals surface area contributed by atoms with Crippen LogP contribution in [0, 0.1) is 10.8 Å². The topological polar surface area (TPSA) is 487 Å². The number of carbonyl (C=O) groups excluding carboxylic acids is 4. The van der Waals surface area contributed by atoms with E-state index in [1.807, 2.05) is 0 Å². The molecule has 14 N–H and O–H groups in total. The molecule has 2 heterocycles. The lowest BCUT2D eigenvalue weighted by molar-refractivity contribution is -0.149. The van der Waals surface area contributed by atoms with Gasteiger partial charge in [-0.15, -0.1) is 12.4 Å². The highest BCUT2D eigenvalue weighted by Gasteiger charge is 2.38. The molecule has 8 rings (SSSR count). The third-order valence-electron chi connectivity index (χ3n) is 14.4. The number of nitrogens with one attached hydrogen (secondary N) is 4. The van der Waals surface area contributed by atoms with Crippen molar-refractivity contribution in [3.05, 3.63) is 165 Å². The number of carboxylic acid groups (broad SMARTS) is 6. The maximum absolute atomic E-state index is 14.7. The van der Waals surface area contributed by atoms with Crippen LogP contribution >= 0.6 is 12.4 Å². The second-order valence-electron chi connectivity index (χ2n) is 21.2. The fraction of sp³-hybridized carbons (Fsp3) is 0.250. The Morgan fingerprint density at radius 2 is 0.927 bits per heavy atom. The minimum Gasteiger partial charge on any atom is -0.491 e. The number of nitrogens with zero attached hydrogens (tertiary/aromatic N) is 2. The minimum absolute atomic E-state index is 0. The Morgan fingerprint density at radius 3 is 1.28 bits per heavy atom. The fourth-order valence-corrected chi connectivity index (χ4v) is 10.3. The number of anilines is 2. The van der Waals surface area contributed by atoms with E-state index in [2.05, 4.69) is 10.6 Å². The molecule has 2 aliphatic rings. The number of hydrogen-bond donors (Lipinski definition) is 12. The van der Waals surface area contributed by atoms with Gasteiger partial charge in [-0.3, -0.25) is 30.0 Å². The van der Waals surface area contributed by atoms with Crippen molar-refractivity contribution in [2.45, 2.75) is 63.7 Å². The van der Waals surface area contributed by atoms with Gasteiger partial charge < -0.3 is 95.7 Å². The predicted molar refractivity (Wildman–Crippen MR) is 337 cm³/mol.